The molecule has 1 amide bonds. The number of carbonyl (C=O) groups excluding carboxylic acids is 1. The van der Waals surface area contributed by atoms with Gasteiger partial charge in [-0.2, -0.15) is 0 Å². The zero-order valence-electron chi connectivity index (χ0n) is 16.2. The van der Waals surface area contributed by atoms with Gasteiger partial charge in [-0.1, -0.05) is 19.4 Å². The van der Waals surface area contributed by atoms with Crippen LogP contribution in [0.25, 0.3) is 0 Å². The molecule has 0 bridgehead atoms. The van der Waals surface area contributed by atoms with Gasteiger partial charge in [-0.3, -0.25) is 14.9 Å². The number of hydrogen-bond acceptors (Lipinski definition) is 6. The summed E-state index contributed by atoms with van der Waals surface area (Å²) >= 11 is 0. The molecule has 0 aliphatic rings. The lowest BCUT2D eigenvalue weighted by molar-refractivity contribution is -0.384. The highest BCUT2D eigenvalue weighted by Gasteiger charge is 2.14. The Bertz CT molecular complexity index is 974. The molecule has 0 aromatic heterocycles. The van der Waals surface area contributed by atoms with Crippen LogP contribution in [0.5, 0.6) is 5.75 Å². The highest BCUT2D eigenvalue weighted by atomic mass is 32.2. The molecule has 0 unspecified atom stereocenters. The maximum absolute atomic E-state index is 12.1. The van der Waals surface area contributed by atoms with E-state index in [0.29, 0.717) is 23.5 Å². The number of nitro benzene ring substituents is 1. The van der Waals surface area contributed by atoms with E-state index in [1.807, 2.05) is 6.92 Å². The molecule has 0 fully saturated rings. The van der Waals surface area contributed by atoms with Gasteiger partial charge in [0.2, 0.25) is 10.0 Å². The number of benzene rings is 2. The Labute approximate surface area is 169 Å². The summed E-state index contributed by atoms with van der Waals surface area (Å²) in [7, 11) is -3.58. The molecule has 2 aromatic rings. The second-order valence-electron chi connectivity index (χ2n) is 6.32. The molecule has 0 heterocycles. The lowest BCUT2D eigenvalue weighted by atomic mass is 10.2. The third kappa shape index (κ3) is 6.54. The number of amides is 1. The Hall–Kier alpha value is -2.98. The van der Waals surface area contributed by atoms with Crippen LogP contribution in [0.15, 0.2) is 47.4 Å². The third-order valence-electron chi connectivity index (χ3n) is 4.03. The van der Waals surface area contributed by atoms with Crippen molar-refractivity contribution in [3.63, 3.8) is 0 Å². The van der Waals surface area contributed by atoms with Crippen molar-refractivity contribution in [1.29, 1.82) is 0 Å². The van der Waals surface area contributed by atoms with Gasteiger partial charge in [0.1, 0.15) is 5.75 Å². The first-order chi connectivity index (χ1) is 13.7. The first kappa shape index (κ1) is 22.3. The minimum Gasteiger partial charge on any atom is -0.484 e. The van der Waals surface area contributed by atoms with Gasteiger partial charge in [-0.15, -0.1) is 0 Å². The van der Waals surface area contributed by atoms with Crippen molar-refractivity contribution in [1.82, 2.24) is 4.72 Å². The Morgan fingerprint density at radius 2 is 1.86 bits per heavy atom. The predicted octanol–water partition coefficient (Wildman–Crippen LogP) is 3.00. The monoisotopic (exact) mass is 421 g/mol. The number of unbranched alkanes of at least 4 members (excludes halogenated alkanes) is 1. The average molecular weight is 421 g/mol. The van der Waals surface area contributed by atoms with E-state index in [4.69, 9.17) is 4.74 Å². The number of nitrogens with one attached hydrogen (secondary N) is 2. The number of carbonyl (C=O) groups is 1. The zero-order chi connectivity index (χ0) is 21.4. The van der Waals surface area contributed by atoms with E-state index < -0.39 is 20.9 Å². The number of rotatable bonds is 10. The number of anilines is 1. The minimum atomic E-state index is -3.58. The van der Waals surface area contributed by atoms with E-state index in [1.165, 1.54) is 36.4 Å². The fraction of sp³-hybridized carbons (Fsp3) is 0.316. The molecule has 0 spiro atoms. The van der Waals surface area contributed by atoms with E-state index in [1.54, 1.807) is 13.0 Å². The summed E-state index contributed by atoms with van der Waals surface area (Å²) in [4.78, 5) is 22.5. The van der Waals surface area contributed by atoms with Crippen LogP contribution in [0.2, 0.25) is 0 Å². The third-order valence-corrected chi connectivity index (χ3v) is 5.51. The van der Waals surface area contributed by atoms with E-state index in [9.17, 15) is 23.3 Å². The predicted molar refractivity (Wildman–Crippen MR) is 108 cm³/mol. The number of non-ortho nitro benzene ring substituents is 1. The van der Waals surface area contributed by atoms with Crippen LogP contribution >= 0.6 is 0 Å². The highest BCUT2D eigenvalue weighted by Crippen LogP contribution is 2.22. The van der Waals surface area contributed by atoms with Crippen molar-refractivity contribution in [3.8, 4) is 5.75 Å². The molecule has 156 valence electrons. The van der Waals surface area contributed by atoms with E-state index in [0.717, 1.165) is 12.8 Å². The van der Waals surface area contributed by atoms with E-state index in [-0.39, 0.29) is 17.2 Å². The Morgan fingerprint density at radius 1 is 1.17 bits per heavy atom. The molecule has 0 aliphatic carbocycles. The molecule has 10 heteroatoms. The fourth-order valence-corrected chi connectivity index (χ4v) is 3.45. The number of ether oxygens (including phenoxy) is 1. The van der Waals surface area contributed by atoms with Crippen LogP contribution in [0.3, 0.4) is 0 Å². The fourth-order valence-electron chi connectivity index (χ4n) is 2.38. The first-order valence-electron chi connectivity index (χ1n) is 9.00. The first-order valence-corrected chi connectivity index (χ1v) is 10.5. The Morgan fingerprint density at radius 3 is 2.48 bits per heavy atom. The van der Waals surface area contributed by atoms with Crippen LogP contribution < -0.4 is 14.8 Å². The van der Waals surface area contributed by atoms with Crippen molar-refractivity contribution in [2.24, 2.45) is 0 Å². The summed E-state index contributed by atoms with van der Waals surface area (Å²) in [6, 6.07) is 9.88. The molecule has 2 aromatic carbocycles. The topological polar surface area (TPSA) is 128 Å². The molecule has 0 aliphatic heterocycles. The number of sulfonamides is 1. The minimum absolute atomic E-state index is 0.109. The van der Waals surface area contributed by atoms with Gasteiger partial charge in [-0.25, -0.2) is 13.1 Å². The van der Waals surface area contributed by atoms with Gasteiger partial charge in [-0.05, 0) is 43.2 Å². The maximum atomic E-state index is 12.1. The van der Waals surface area contributed by atoms with Gasteiger partial charge in [0.15, 0.2) is 6.61 Å². The van der Waals surface area contributed by atoms with Crippen molar-refractivity contribution in [2.45, 2.75) is 31.6 Å². The van der Waals surface area contributed by atoms with Crippen LogP contribution in [-0.4, -0.2) is 32.4 Å². The second kappa shape index (κ2) is 9.99. The molecule has 9 nitrogen and oxygen atoms in total. The number of hydrogen-bond donors (Lipinski definition) is 2. The van der Waals surface area contributed by atoms with Crippen molar-refractivity contribution in [3.05, 3.63) is 58.1 Å². The molecular weight excluding hydrogens is 398 g/mol. The SMILES string of the molecule is CCCCNS(=O)(=O)c1ccc(OCC(=O)Nc2cc([N+](=O)[O-])ccc2C)cc1. The normalized spacial score (nSPS) is 11.1. The van der Waals surface area contributed by atoms with Gasteiger partial charge in [0, 0.05) is 18.7 Å². The standard InChI is InChI=1S/C19H23N3O6S/c1-3-4-11-20-29(26,27)17-9-7-16(8-10-17)28-13-19(23)21-18-12-15(22(24)25)6-5-14(18)2/h5-10,12,20H,3-4,11,13H2,1-2H3,(H,21,23). The molecule has 0 atom stereocenters. The summed E-state index contributed by atoms with van der Waals surface area (Å²) in [6.07, 6.45) is 1.63. The van der Waals surface area contributed by atoms with Crippen molar-refractivity contribution < 1.29 is 22.9 Å². The molecule has 29 heavy (non-hydrogen) atoms. The number of nitro groups is 1. The van der Waals surface area contributed by atoms with Gasteiger partial charge in [0.25, 0.3) is 11.6 Å². The van der Waals surface area contributed by atoms with Crippen LogP contribution in [-0.2, 0) is 14.8 Å². The van der Waals surface area contributed by atoms with Gasteiger partial charge < -0.3 is 10.1 Å². The molecule has 2 N–H and O–H groups in total. The smallest absolute Gasteiger partial charge is 0.271 e. The summed E-state index contributed by atoms with van der Waals surface area (Å²) in [5, 5.41) is 13.4. The van der Waals surface area contributed by atoms with Gasteiger partial charge in [0.05, 0.1) is 15.5 Å². The van der Waals surface area contributed by atoms with E-state index >= 15 is 0 Å². The lowest BCUT2D eigenvalue weighted by Crippen LogP contribution is -2.24. The largest absolute Gasteiger partial charge is 0.484 e. The van der Waals surface area contributed by atoms with Gasteiger partial charge >= 0.3 is 0 Å². The average Bonchev–Trinajstić information content (AvgIpc) is 2.68. The number of nitrogens with zero attached hydrogens (tertiary/aromatic N) is 1. The summed E-state index contributed by atoms with van der Waals surface area (Å²) in [5.41, 5.74) is 0.873. The van der Waals surface area contributed by atoms with Crippen LogP contribution in [0, 0.1) is 17.0 Å². The molecule has 0 radical (unpaired) electrons. The Balaban J connectivity index is 1.94. The zero-order valence-corrected chi connectivity index (χ0v) is 17.0. The molecular formula is C19H23N3O6S. The highest BCUT2D eigenvalue weighted by molar-refractivity contribution is 7.89. The Kier molecular flexibility index (Phi) is 7.68. The summed E-state index contributed by atoms with van der Waals surface area (Å²) < 4.78 is 32.1. The second-order valence-corrected chi connectivity index (χ2v) is 8.08. The quantitative estimate of drug-likeness (QED) is 0.345. The van der Waals surface area contributed by atoms with E-state index in [2.05, 4.69) is 10.0 Å². The number of aryl methyl sites for hydroxylation is 1. The van der Waals surface area contributed by atoms with Crippen LogP contribution in [0.1, 0.15) is 25.3 Å². The van der Waals surface area contributed by atoms with Crippen LogP contribution in [0.4, 0.5) is 11.4 Å². The summed E-state index contributed by atoms with van der Waals surface area (Å²) in [6.45, 7) is 3.72. The lowest BCUT2D eigenvalue weighted by Gasteiger charge is -2.10. The molecule has 0 saturated carbocycles. The van der Waals surface area contributed by atoms with Crippen molar-refractivity contribution in [2.75, 3.05) is 18.5 Å². The molecule has 2 rings (SSSR count). The molecule has 0 saturated heterocycles. The summed E-state index contributed by atoms with van der Waals surface area (Å²) in [5.74, 6) is -0.171. The van der Waals surface area contributed by atoms with Crippen molar-refractivity contribution >= 4 is 27.3 Å². The maximum Gasteiger partial charge on any atom is 0.271 e.